The highest BCUT2D eigenvalue weighted by Gasteiger charge is 2.55. The van der Waals surface area contributed by atoms with Gasteiger partial charge in [-0.2, -0.15) is 0 Å². The van der Waals surface area contributed by atoms with E-state index in [2.05, 4.69) is 0 Å². The Hall–Kier alpha value is -1.69. The van der Waals surface area contributed by atoms with Gasteiger partial charge in [0.2, 0.25) is 0 Å². The minimum absolute atomic E-state index is 0.0126. The lowest BCUT2D eigenvalue weighted by molar-refractivity contribution is -0.148. The number of likely N-dealkylation sites (tertiary alicyclic amines) is 1. The van der Waals surface area contributed by atoms with Crippen LogP contribution in [0.5, 0.6) is 0 Å². The first-order valence-electron chi connectivity index (χ1n) is 7.96. The van der Waals surface area contributed by atoms with Crippen LogP contribution in [0.25, 0.3) is 0 Å². The van der Waals surface area contributed by atoms with Crippen molar-refractivity contribution in [3.8, 4) is 0 Å². The van der Waals surface area contributed by atoms with E-state index in [1.165, 1.54) is 23.1 Å². The van der Waals surface area contributed by atoms with Crippen molar-refractivity contribution in [2.24, 2.45) is 5.92 Å². The third-order valence-electron chi connectivity index (χ3n) is 4.64. The number of esters is 1. The number of rotatable bonds is 4. The van der Waals surface area contributed by atoms with E-state index in [4.69, 9.17) is 16.3 Å². The molecule has 1 aliphatic carbocycles. The Morgan fingerprint density at radius 1 is 1.38 bits per heavy atom. The number of amides is 1. The number of alkyl halides is 1. The predicted molar refractivity (Wildman–Crippen MR) is 83.9 cm³/mol. The van der Waals surface area contributed by atoms with E-state index in [9.17, 15) is 18.4 Å². The van der Waals surface area contributed by atoms with Crippen molar-refractivity contribution in [3.63, 3.8) is 0 Å². The van der Waals surface area contributed by atoms with Gasteiger partial charge in [0.25, 0.3) is 5.91 Å². The molecule has 0 radical (unpaired) electrons. The fourth-order valence-electron chi connectivity index (χ4n) is 3.22. The zero-order valence-corrected chi connectivity index (χ0v) is 14.0. The summed E-state index contributed by atoms with van der Waals surface area (Å²) in [5.41, 5.74) is -1.65. The third kappa shape index (κ3) is 2.99. The van der Waals surface area contributed by atoms with Gasteiger partial charge in [0.05, 0.1) is 12.5 Å². The predicted octanol–water partition coefficient (Wildman–Crippen LogP) is 3.09. The molecule has 3 rings (SSSR count). The Morgan fingerprint density at radius 3 is 2.67 bits per heavy atom. The van der Waals surface area contributed by atoms with Crippen LogP contribution in [0.15, 0.2) is 18.2 Å². The first kappa shape index (κ1) is 17.1. The number of benzene rings is 1. The van der Waals surface area contributed by atoms with Gasteiger partial charge in [-0.05, 0) is 31.9 Å². The monoisotopic (exact) mass is 357 g/mol. The van der Waals surface area contributed by atoms with E-state index in [0.29, 0.717) is 0 Å². The van der Waals surface area contributed by atoms with Crippen molar-refractivity contribution >= 4 is 23.5 Å². The van der Waals surface area contributed by atoms with Gasteiger partial charge in [0, 0.05) is 29.6 Å². The molecular formula is C17H18ClF2NO3. The molecule has 1 saturated heterocycles. The third-order valence-corrected chi connectivity index (χ3v) is 4.97. The smallest absolute Gasteiger partial charge is 0.311 e. The van der Waals surface area contributed by atoms with Crippen molar-refractivity contribution in [2.75, 3.05) is 19.7 Å². The highest BCUT2D eigenvalue weighted by molar-refractivity contribution is 6.31. The number of ether oxygens (including phenoxy) is 1. The van der Waals surface area contributed by atoms with Crippen LogP contribution in [0.4, 0.5) is 8.78 Å². The standard InChI is InChI=1S/C17H18ClF2NO3/c1-2-24-15(22)11-9-21(16(23)17(20)6-7-17)8-10(11)14-12(18)4-3-5-13(14)19/h3-5,10-11H,2,6-9H2,1H3/t10-,11+/m1/s1. The molecule has 1 amide bonds. The molecule has 2 fully saturated rings. The molecule has 130 valence electrons. The fraction of sp³-hybridized carbons (Fsp3) is 0.529. The summed E-state index contributed by atoms with van der Waals surface area (Å²) >= 11 is 6.12. The van der Waals surface area contributed by atoms with Crippen molar-refractivity contribution in [1.82, 2.24) is 4.90 Å². The van der Waals surface area contributed by atoms with Gasteiger partial charge in [-0.15, -0.1) is 0 Å². The normalized spacial score (nSPS) is 24.8. The molecule has 1 saturated carbocycles. The first-order valence-corrected chi connectivity index (χ1v) is 8.34. The summed E-state index contributed by atoms with van der Waals surface area (Å²) in [4.78, 5) is 25.8. The molecule has 1 heterocycles. The van der Waals surface area contributed by atoms with Crippen LogP contribution in [-0.2, 0) is 14.3 Å². The molecule has 7 heteroatoms. The van der Waals surface area contributed by atoms with Gasteiger partial charge >= 0.3 is 5.97 Å². The van der Waals surface area contributed by atoms with Crippen LogP contribution >= 0.6 is 11.6 Å². The summed E-state index contributed by atoms with van der Waals surface area (Å²) in [6, 6.07) is 4.26. The summed E-state index contributed by atoms with van der Waals surface area (Å²) in [6.45, 7) is 1.91. The minimum Gasteiger partial charge on any atom is -0.466 e. The number of carbonyl (C=O) groups is 2. The van der Waals surface area contributed by atoms with Crippen molar-refractivity contribution < 1.29 is 23.1 Å². The maximum absolute atomic E-state index is 14.3. The fourth-order valence-corrected chi connectivity index (χ4v) is 3.53. The molecular weight excluding hydrogens is 340 g/mol. The lowest BCUT2D eigenvalue weighted by Crippen LogP contribution is -2.37. The molecule has 1 aliphatic heterocycles. The second kappa shape index (κ2) is 6.31. The van der Waals surface area contributed by atoms with Gasteiger partial charge in [-0.25, -0.2) is 8.78 Å². The lowest BCUT2D eigenvalue weighted by Gasteiger charge is -2.19. The Labute approximate surface area is 143 Å². The van der Waals surface area contributed by atoms with Crippen LogP contribution in [-0.4, -0.2) is 42.1 Å². The SMILES string of the molecule is CCOC(=O)[C@H]1CN(C(=O)C2(F)CC2)C[C@H]1c1c(F)cccc1Cl. The zero-order chi connectivity index (χ0) is 17.5. The Kier molecular flexibility index (Phi) is 4.51. The number of nitrogens with zero attached hydrogens (tertiary/aromatic N) is 1. The van der Waals surface area contributed by atoms with Gasteiger partial charge in [-0.1, -0.05) is 17.7 Å². The van der Waals surface area contributed by atoms with Gasteiger partial charge in [-0.3, -0.25) is 9.59 Å². The second-order valence-electron chi connectivity index (χ2n) is 6.28. The number of carbonyl (C=O) groups excluding carboxylic acids is 2. The highest BCUT2D eigenvalue weighted by Crippen LogP contribution is 2.45. The largest absolute Gasteiger partial charge is 0.466 e. The van der Waals surface area contributed by atoms with E-state index in [1.54, 1.807) is 6.92 Å². The molecule has 0 bridgehead atoms. The maximum Gasteiger partial charge on any atom is 0.311 e. The number of hydrogen-bond donors (Lipinski definition) is 0. The van der Waals surface area contributed by atoms with Crippen LogP contribution in [0.1, 0.15) is 31.2 Å². The van der Waals surface area contributed by atoms with E-state index < -0.39 is 35.2 Å². The summed E-state index contributed by atoms with van der Waals surface area (Å²) < 4.78 is 33.4. The Bertz CT molecular complexity index is 658. The molecule has 1 aromatic rings. The topological polar surface area (TPSA) is 46.6 Å². The van der Waals surface area contributed by atoms with Crippen molar-refractivity contribution in [2.45, 2.75) is 31.4 Å². The van der Waals surface area contributed by atoms with Gasteiger partial charge < -0.3 is 9.64 Å². The van der Waals surface area contributed by atoms with Crippen LogP contribution in [0.3, 0.4) is 0 Å². The molecule has 0 unspecified atom stereocenters. The molecule has 0 N–H and O–H groups in total. The average Bonchev–Trinajstić information content (AvgIpc) is 3.13. The second-order valence-corrected chi connectivity index (χ2v) is 6.68. The molecule has 4 nitrogen and oxygen atoms in total. The molecule has 0 spiro atoms. The molecule has 0 aromatic heterocycles. The maximum atomic E-state index is 14.3. The van der Waals surface area contributed by atoms with Gasteiger partial charge in [0.15, 0.2) is 5.67 Å². The molecule has 2 aliphatic rings. The Morgan fingerprint density at radius 2 is 2.08 bits per heavy atom. The van der Waals surface area contributed by atoms with Crippen LogP contribution in [0.2, 0.25) is 5.02 Å². The van der Waals surface area contributed by atoms with E-state index in [0.717, 1.165) is 0 Å². The number of hydrogen-bond acceptors (Lipinski definition) is 3. The molecule has 1 aromatic carbocycles. The first-order chi connectivity index (χ1) is 11.4. The summed E-state index contributed by atoms with van der Waals surface area (Å²) in [5.74, 6) is -3.11. The average molecular weight is 358 g/mol. The van der Waals surface area contributed by atoms with E-state index in [-0.39, 0.29) is 43.1 Å². The summed E-state index contributed by atoms with van der Waals surface area (Å²) in [7, 11) is 0. The summed E-state index contributed by atoms with van der Waals surface area (Å²) in [6.07, 6.45) is 0.384. The zero-order valence-electron chi connectivity index (χ0n) is 13.2. The van der Waals surface area contributed by atoms with E-state index in [1.807, 2.05) is 0 Å². The quantitative estimate of drug-likeness (QED) is 0.778. The van der Waals surface area contributed by atoms with Crippen molar-refractivity contribution in [3.05, 3.63) is 34.6 Å². The minimum atomic E-state index is -1.83. The lowest BCUT2D eigenvalue weighted by atomic mass is 9.88. The molecule has 24 heavy (non-hydrogen) atoms. The number of halogens is 3. The summed E-state index contributed by atoms with van der Waals surface area (Å²) in [5, 5.41) is 0.185. The Balaban J connectivity index is 1.92. The van der Waals surface area contributed by atoms with E-state index >= 15 is 0 Å². The van der Waals surface area contributed by atoms with Gasteiger partial charge in [0.1, 0.15) is 5.82 Å². The van der Waals surface area contributed by atoms with Crippen LogP contribution in [0, 0.1) is 11.7 Å². The highest BCUT2D eigenvalue weighted by atomic mass is 35.5. The van der Waals surface area contributed by atoms with Crippen LogP contribution < -0.4 is 0 Å². The van der Waals surface area contributed by atoms with Crippen molar-refractivity contribution in [1.29, 1.82) is 0 Å². The molecule has 2 atom stereocenters.